The topological polar surface area (TPSA) is 49.3 Å². The third-order valence-corrected chi connectivity index (χ3v) is 2.66. The Morgan fingerprint density at radius 2 is 1.70 bits per heavy atom. The highest BCUT2D eigenvalue weighted by Gasteiger charge is 2.14. The van der Waals surface area contributed by atoms with Gasteiger partial charge in [0.2, 0.25) is 0 Å². The molecule has 2 aromatic rings. The molecule has 2 N–H and O–H groups in total. The maximum Gasteiger partial charge on any atom is 0.307 e. The minimum Gasteiger partial charge on any atom is -0.481 e. The van der Waals surface area contributed by atoms with Crippen LogP contribution in [0.15, 0.2) is 36.4 Å². The number of para-hydroxylation sites is 1. The number of carbonyl (C=O) groups is 1. The number of halogens is 3. The fourth-order valence-electron chi connectivity index (χ4n) is 1.73. The number of carboxylic acid groups (broad SMARTS) is 1. The van der Waals surface area contributed by atoms with Gasteiger partial charge in [-0.2, -0.15) is 0 Å². The predicted molar refractivity (Wildman–Crippen MR) is 67.4 cm³/mol. The van der Waals surface area contributed by atoms with E-state index in [1.54, 1.807) is 18.2 Å². The number of anilines is 2. The summed E-state index contributed by atoms with van der Waals surface area (Å²) in [4.78, 5) is 10.7. The van der Waals surface area contributed by atoms with E-state index in [1.165, 1.54) is 6.07 Å². The van der Waals surface area contributed by atoms with Crippen molar-refractivity contribution in [3.63, 3.8) is 0 Å². The number of hydrogen-bond donors (Lipinski definition) is 2. The number of nitrogens with one attached hydrogen (secondary N) is 1. The molecule has 0 aliphatic rings. The highest BCUT2D eigenvalue weighted by molar-refractivity contribution is 5.75. The van der Waals surface area contributed by atoms with E-state index in [2.05, 4.69) is 5.32 Å². The van der Waals surface area contributed by atoms with Gasteiger partial charge in [0.15, 0.2) is 17.5 Å². The van der Waals surface area contributed by atoms with Gasteiger partial charge in [0, 0.05) is 5.69 Å². The first-order valence-electron chi connectivity index (χ1n) is 5.69. The van der Waals surface area contributed by atoms with Gasteiger partial charge in [-0.15, -0.1) is 0 Å². The lowest BCUT2D eigenvalue weighted by Crippen LogP contribution is -2.05. The molecule has 0 heterocycles. The van der Waals surface area contributed by atoms with Crippen LogP contribution in [0, 0.1) is 17.5 Å². The van der Waals surface area contributed by atoms with E-state index >= 15 is 0 Å². The molecule has 0 aliphatic carbocycles. The van der Waals surface area contributed by atoms with Crippen molar-refractivity contribution in [2.75, 3.05) is 5.32 Å². The summed E-state index contributed by atoms with van der Waals surface area (Å²) in [6.07, 6.45) is -0.269. The molecule has 0 radical (unpaired) electrons. The van der Waals surface area contributed by atoms with E-state index in [4.69, 9.17) is 5.11 Å². The lowest BCUT2D eigenvalue weighted by atomic mass is 10.1. The molecule has 2 aromatic carbocycles. The van der Waals surface area contributed by atoms with E-state index < -0.39 is 23.4 Å². The molecule has 6 heteroatoms. The van der Waals surface area contributed by atoms with Gasteiger partial charge in [-0.3, -0.25) is 4.79 Å². The Balaban J connectivity index is 2.35. The van der Waals surface area contributed by atoms with Gasteiger partial charge >= 0.3 is 5.97 Å². The summed E-state index contributed by atoms with van der Waals surface area (Å²) in [5.74, 6) is -5.27. The molecule has 0 aliphatic heterocycles. The van der Waals surface area contributed by atoms with Gasteiger partial charge in [0.05, 0.1) is 12.1 Å². The highest BCUT2D eigenvalue weighted by Crippen LogP contribution is 2.25. The number of aliphatic carboxylic acids is 1. The van der Waals surface area contributed by atoms with Crippen molar-refractivity contribution in [1.82, 2.24) is 0 Å². The summed E-state index contributed by atoms with van der Waals surface area (Å²) in [6.45, 7) is 0. The quantitative estimate of drug-likeness (QED) is 0.844. The maximum atomic E-state index is 13.5. The fourth-order valence-corrected chi connectivity index (χ4v) is 1.73. The summed E-state index contributed by atoms with van der Waals surface area (Å²) in [6, 6.07) is 8.16. The van der Waals surface area contributed by atoms with Crippen LogP contribution >= 0.6 is 0 Å². The molecule has 0 aromatic heterocycles. The second-order valence-corrected chi connectivity index (χ2v) is 4.08. The first-order chi connectivity index (χ1) is 9.49. The third-order valence-electron chi connectivity index (χ3n) is 2.66. The van der Waals surface area contributed by atoms with Gasteiger partial charge in [0.1, 0.15) is 0 Å². The summed E-state index contributed by atoms with van der Waals surface area (Å²) < 4.78 is 39.5. The second-order valence-electron chi connectivity index (χ2n) is 4.08. The minimum atomic E-state index is -1.58. The lowest BCUT2D eigenvalue weighted by Gasteiger charge is -2.12. The summed E-state index contributed by atoms with van der Waals surface area (Å²) in [5.41, 5.74) is 0.464. The zero-order valence-corrected chi connectivity index (χ0v) is 10.2. The highest BCUT2D eigenvalue weighted by atomic mass is 19.2. The molecule has 0 spiro atoms. The van der Waals surface area contributed by atoms with Gasteiger partial charge in [0.25, 0.3) is 0 Å². The molecule has 0 fully saturated rings. The van der Waals surface area contributed by atoms with Crippen LogP contribution in [-0.4, -0.2) is 11.1 Å². The van der Waals surface area contributed by atoms with Crippen molar-refractivity contribution < 1.29 is 23.1 Å². The Kier molecular flexibility index (Phi) is 3.93. The predicted octanol–water partition coefficient (Wildman–Crippen LogP) is 3.47. The lowest BCUT2D eigenvalue weighted by molar-refractivity contribution is -0.136. The monoisotopic (exact) mass is 281 g/mol. The molecular formula is C14H10F3NO2. The van der Waals surface area contributed by atoms with E-state index in [9.17, 15) is 18.0 Å². The molecule has 0 unspecified atom stereocenters. The van der Waals surface area contributed by atoms with Crippen LogP contribution in [0.2, 0.25) is 0 Å². The Bertz CT molecular complexity index is 659. The van der Waals surface area contributed by atoms with Crippen molar-refractivity contribution >= 4 is 17.3 Å². The van der Waals surface area contributed by atoms with Crippen molar-refractivity contribution in [2.45, 2.75) is 6.42 Å². The van der Waals surface area contributed by atoms with E-state index in [0.29, 0.717) is 11.3 Å². The van der Waals surface area contributed by atoms with Crippen molar-refractivity contribution in [3.05, 3.63) is 59.4 Å². The van der Waals surface area contributed by atoms with E-state index in [0.717, 1.165) is 12.1 Å². The van der Waals surface area contributed by atoms with E-state index in [1.807, 2.05) is 0 Å². The largest absolute Gasteiger partial charge is 0.481 e. The average Bonchev–Trinajstić information content (AvgIpc) is 2.41. The van der Waals surface area contributed by atoms with Crippen molar-refractivity contribution in [1.29, 1.82) is 0 Å². The molecule has 0 atom stereocenters. The SMILES string of the molecule is O=C(O)Cc1ccccc1Nc1ccc(F)c(F)c1F. The summed E-state index contributed by atoms with van der Waals surface area (Å²) in [5, 5.41) is 11.4. The Morgan fingerprint density at radius 1 is 1.00 bits per heavy atom. The molecule has 104 valence electrons. The smallest absolute Gasteiger partial charge is 0.307 e. The van der Waals surface area contributed by atoms with Crippen LogP contribution < -0.4 is 5.32 Å². The molecule has 0 bridgehead atoms. The van der Waals surface area contributed by atoms with Gasteiger partial charge in [-0.1, -0.05) is 18.2 Å². The zero-order chi connectivity index (χ0) is 14.7. The number of hydrogen-bond acceptors (Lipinski definition) is 2. The number of carboxylic acids is 1. The maximum absolute atomic E-state index is 13.5. The van der Waals surface area contributed by atoms with Gasteiger partial charge < -0.3 is 10.4 Å². The normalized spacial score (nSPS) is 10.3. The molecular weight excluding hydrogens is 271 g/mol. The number of benzene rings is 2. The zero-order valence-electron chi connectivity index (χ0n) is 10.2. The van der Waals surface area contributed by atoms with Crippen LogP contribution in [0.4, 0.5) is 24.5 Å². The van der Waals surface area contributed by atoms with Crippen molar-refractivity contribution in [2.24, 2.45) is 0 Å². The minimum absolute atomic E-state index is 0.262. The number of rotatable bonds is 4. The first-order valence-corrected chi connectivity index (χ1v) is 5.69. The van der Waals surface area contributed by atoms with Crippen LogP contribution in [-0.2, 0) is 11.2 Å². The van der Waals surface area contributed by atoms with Gasteiger partial charge in [-0.05, 0) is 23.8 Å². The average molecular weight is 281 g/mol. The van der Waals surface area contributed by atoms with E-state index in [-0.39, 0.29) is 12.1 Å². The van der Waals surface area contributed by atoms with Crippen LogP contribution in [0.3, 0.4) is 0 Å². The summed E-state index contributed by atoms with van der Waals surface area (Å²) in [7, 11) is 0. The Morgan fingerprint density at radius 3 is 2.40 bits per heavy atom. The molecule has 2 rings (SSSR count). The van der Waals surface area contributed by atoms with Gasteiger partial charge in [-0.25, -0.2) is 13.2 Å². The standard InChI is InChI=1S/C14H10F3NO2/c15-9-5-6-11(14(17)13(9)16)18-10-4-2-1-3-8(10)7-12(19)20/h1-6,18H,7H2,(H,19,20). The van der Waals surface area contributed by atoms with Crippen LogP contribution in [0.25, 0.3) is 0 Å². The second kappa shape index (κ2) is 5.64. The molecule has 0 saturated heterocycles. The first kappa shape index (κ1) is 13.9. The Hall–Kier alpha value is -2.50. The Labute approximate surface area is 112 Å². The van der Waals surface area contributed by atoms with Crippen LogP contribution in [0.1, 0.15) is 5.56 Å². The van der Waals surface area contributed by atoms with Crippen molar-refractivity contribution in [3.8, 4) is 0 Å². The fraction of sp³-hybridized carbons (Fsp3) is 0.0714. The summed E-state index contributed by atoms with van der Waals surface area (Å²) >= 11 is 0. The third kappa shape index (κ3) is 2.90. The van der Waals surface area contributed by atoms with Crippen LogP contribution in [0.5, 0.6) is 0 Å². The molecule has 0 saturated carbocycles. The molecule has 0 amide bonds. The molecule has 3 nitrogen and oxygen atoms in total. The molecule has 20 heavy (non-hydrogen) atoms.